The van der Waals surface area contributed by atoms with Crippen LogP contribution in [0.15, 0.2) is 47.9 Å². The Morgan fingerprint density at radius 2 is 2.00 bits per heavy atom. The Morgan fingerprint density at radius 3 is 2.82 bits per heavy atom. The summed E-state index contributed by atoms with van der Waals surface area (Å²) in [6.45, 7) is 6.13. The molecule has 4 aromatic rings. The van der Waals surface area contributed by atoms with Gasteiger partial charge in [-0.1, -0.05) is 47.4 Å². The molecular weight excluding hydrogens is 390 g/mol. The van der Waals surface area contributed by atoms with Crippen LogP contribution in [0.4, 0.5) is 5.13 Å². The van der Waals surface area contributed by atoms with E-state index >= 15 is 0 Å². The van der Waals surface area contributed by atoms with Gasteiger partial charge in [-0.15, -0.1) is 10.2 Å². The van der Waals surface area contributed by atoms with Gasteiger partial charge in [0, 0.05) is 0 Å². The molecule has 2 heterocycles. The second-order valence-electron chi connectivity index (χ2n) is 6.55. The van der Waals surface area contributed by atoms with Gasteiger partial charge in [0.2, 0.25) is 5.91 Å². The van der Waals surface area contributed by atoms with Crippen molar-refractivity contribution in [1.82, 2.24) is 19.7 Å². The maximum atomic E-state index is 12.4. The summed E-state index contributed by atoms with van der Waals surface area (Å²) in [7, 11) is 0. The van der Waals surface area contributed by atoms with Crippen molar-refractivity contribution in [2.75, 3.05) is 11.1 Å². The lowest BCUT2D eigenvalue weighted by Gasteiger charge is -2.08. The molecule has 142 valence electrons. The van der Waals surface area contributed by atoms with Crippen LogP contribution in [0.1, 0.15) is 16.7 Å². The number of nitrogens with zero attached hydrogens (tertiary/aromatic N) is 4. The fourth-order valence-electron chi connectivity index (χ4n) is 3.03. The molecule has 6 nitrogen and oxygen atoms in total. The average Bonchev–Trinajstić information content (AvgIpc) is 3.27. The summed E-state index contributed by atoms with van der Waals surface area (Å²) in [6.07, 6.45) is 1.67. The molecule has 0 aliphatic carbocycles. The van der Waals surface area contributed by atoms with Crippen molar-refractivity contribution in [3.8, 4) is 5.69 Å². The lowest BCUT2D eigenvalue weighted by Crippen LogP contribution is -2.14. The number of thioether (sulfide) groups is 1. The van der Waals surface area contributed by atoms with E-state index in [1.807, 2.05) is 42.7 Å². The van der Waals surface area contributed by atoms with Crippen LogP contribution in [0.2, 0.25) is 0 Å². The second-order valence-corrected chi connectivity index (χ2v) is 8.53. The predicted molar refractivity (Wildman–Crippen MR) is 115 cm³/mol. The minimum absolute atomic E-state index is 0.113. The second kappa shape index (κ2) is 7.73. The largest absolute Gasteiger partial charge is 0.301 e. The van der Waals surface area contributed by atoms with Gasteiger partial charge in [0.05, 0.1) is 21.7 Å². The van der Waals surface area contributed by atoms with Crippen molar-refractivity contribution in [1.29, 1.82) is 0 Å². The quantitative estimate of drug-likeness (QED) is 0.490. The zero-order chi connectivity index (χ0) is 19.7. The fraction of sp³-hybridized carbons (Fsp3) is 0.200. The number of carbonyl (C=O) groups excluding carboxylic acids is 1. The van der Waals surface area contributed by atoms with Crippen LogP contribution in [0, 0.1) is 20.8 Å². The minimum Gasteiger partial charge on any atom is -0.301 e. The topological polar surface area (TPSA) is 72.7 Å². The maximum absolute atomic E-state index is 12.4. The van der Waals surface area contributed by atoms with Gasteiger partial charge < -0.3 is 5.32 Å². The number of anilines is 1. The molecule has 0 aliphatic rings. The molecule has 1 amide bonds. The average molecular weight is 410 g/mol. The highest BCUT2D eigenvalue weighted by Gasteiger charge is 2.13. The first-order valence-electron chi connectivity index (χ1n) is 8.78. The first-order chi connectivity index (χ1) is 13.5. The summed E-state index contributed by atoms with van der Waals surface area (Å²) >= 11 is 2.85. The van der Waals surface area contributed by atoms with E-state index in [4.69, 9.17) is 0 Å². The normalized spacial score (nSPS) is 11.1. The molecule has 0 radical (unpaired) electrons. The third-order valence-corrected chi connectivity index (χ3v) is 6.16. The molecule has 1 N–H and O–H groups in total. The zero-order valence-electron chi connectivity index (χ0n) is 15.8. The fourth-order valence-corrected chi connectivity index (χ4v) is 4.81. The first-order valence-corrected chi connectivity index (χ1v) is 10.6. The summed E-state index contributed by atoms with van der Waals surface area (Å²) in [5.74, 6) is 0.121. The summed E-state index contributed by atoms with van der Waals surface area (Å²) in [5.41, 5.74) is 5.38. The first kappa shape index (κ1) is 18.6. The van der Waals surface area contributed by atoms with Crippen LogP contribution in [0.3, 0.4) is 0 Å². The van der Waals surface area contributed by atoms with Gasteiger partial charge >= 0.3 is 0 Å². The van der Waals surface area contributed by atoms with Crippen molar-refractivity contribution in [3.63, 3.8) is 0 Å². The van der Waals surface area contributed by atoms with Crippen molar-refractivity contribution in [2.24, 2.45) is 0 Å². The van der Waals surface area contributed by atoms with Gasteiger partial charge in [-0.05, 0) is 49.6 Å². The minimum atomic E-state index is -0.113. The van der Waals surface area contributed by atoms with Crippen molar-refractivity contribution < 1.29 is 4.79 Å². The molecule has 0 saturated carbocycles. The van der Waals surface area contributed by atoms with Gasteiger partial charge in [-0.25, -0.2) is 4.98 Å². The number of amides is 1. The molecule has 0 atom stereocenters. The van der Waals surface area contributed by atoms with Crippen LogP contribution in [0.5, 0.6) is 0 Å². The molecule has 0 bridgehead atoms. The Balaban J connectivity index is 1.46. The van der Waals surface area contributed by atoms with Gasteiger partial charge in [0.25, 0.3) is 0 Å². The number of hydrogen-bond acceptors (Lipinski definition) is 6. The highest BCUT2D eigenvalue weighted by atomic mass is 32.2. The van der Waals surface area contributed by atoms with E-state index in [0.717, 1.165) is 27.0 Å². The zero-order valence-corrected chi connectivity index (χ0v) is 17.4. The van der Waals surface area contributed by atoms with Crippen LogP contribution in [-0.4, -0.2) is 31.4 Å². The third-order valence-electron chi connectivity index (χ3n) is 4.30. The number of carbonyl (C=O) groups is 1. The lowest BCUT2D eigenvalue weighted by molar-refractivity contribution is -0.113. The van der Waals surface area contributed by atoms with Crippen LogP contribution in [-0.2, 0) is 4.79 Å². The molecule has 0 saturated heterocycles. The van der Waals surface area contributed by atoms with E-state index in [-0.39, 0.29) is 11.7 Å². The molecule has 2 aromatic heterocycles. The number of benzene rings is 2. The molecule has 0 spiro atoms. The molecule has 28 heavy (non-hydrogen) atoms. The smallest absolute Gasteiger partial charge is 0.236 e. The number of aromatic nitrogens is 4. The molecule has 2 aromatic carbocycles. The van der Waals surface area contributed by atoms with E-state index in [2.05, 4.69) is 39.6 Å². The van der Waals surface area contributed by atoms with Gasteiger partial charge in [-0.3, -0.25) is 9.36 Å². The van der Waals surface area contributed by atoms with Gasteiger partial charge in [0.15, 0.2) is 10.3 Å². The Labute approximate surface area is 171 Å². The Kier molecular flexibility index (Phi) is 5.15. The van der Waals surface area contributed by atoms with Gasteiger partial charge in [-0.2, -0.15) is 0 Å². The van der Waals surface area contributed by atoms with Crippen molar-refractivity contribution in [2.45, 2.75) is 25.9 Å². The number of thiazole rings is 1. The predicted octanol–water partition coefficient (Wildman–Crippen LogP) is 4.53. The number of nitrogens with one attached hydrogen (secondary N) is 1. The summed E-state index contributed by atoms with van der Waals surface area (Å²) in [5, 5.41) is 12.4. The number of hydrogen-bond donors (Lipinski definition) is 1. The van der Waals surface area contributed by atoms with E-state index < -0.39 is 0 Å². The van der Waals surface area contributed by atoms with E-state index in [1.54, 1.807) is 6.33 Å². The van der Waals surface area contributed by atoms with E-state index in [1.165, 1.54) is 28.7 Å². The van der Waals surface area contributed by atoms with Crippen LogP contribution in [0.25, 0.3) is 15.9 Å². The SMILES string of the molecule is Cc1cc(C)c2nc(NC(=O)CSc3nncn3-c3ccccc3C)sc2c1. The maximum Gasteiger partial charge on any atom is 0.236 e. The van der Waals surface area contributed by atoms with Gasteiger partial charge in [0.1, 0.15) is 6.33 Å². The monoisotopic (exact) mass is 409 g/mol. The molecule has 4 rings (SSSR count). The standard InChI is InChI=1S/C20H19N5OS2/c1-12-8-14(3)18-16(9-12)28-19(23-18)22-17(26)10-27-20-24-21-11-25(20)15-7-5-4-6-13(15)2/h4-9,11H,10H2,1-3H3,(H,22,23,26). The number of aryl methyl sites for hydroxylation is 3. The number of fused-ring (bicyclic) bond motifs is 1. The van der Waals surface area contributed by atoms with E-state index in [0.29, 0.717) is 10.3 Å². The third kappa shape index (κ3) is 3.79. The van der Waals surface area contributed by atoms with E-state index in [9.17, 15) is 4.79 Å². The van der Waals surface area contributed by atoms with Crippen molar-refractivity contribution in [3.05, 3.63) is 59.4 Å². The molecular formula is C20H19N5OS2. The Morgan fingerprint density at radius 1 is 1.18 bits per heavy atom. The van der Waals surface area contributed by atoms with Crippen molar-refractivity contribution >= 4 is 44.4 Å². The lowest BCUT2D eigenvalue weighted by atomic mass is 10.1. The molecule has 0 aliphatic heterocycles. The molecule has 0 fully saturated rings. The molecule has 8 heteroatoms. The Hall–Kier alpha value is -2.71. The number of rotatable bonds is 5. The highest BCUT2D eigenvalue weighted by Crippen LogP contribution is 2.29. The summed E-state index contributed by atoms with van der Waals surface area (Å²) in [4.78, 5) is 17.0. The summed E-state index contributed by atoms with van der Waals surface area (Å²) in [6, 6.07) is 12.2. The summed E-state index contributed by atoms with van der Waals surface area (Å²) < 4.78 is 2.98. The van der Waals surface area contributed by atoms with Crippen LogP contribution >= 0.6 is 23.1 Å². The highest BCUT2D eigenvalue weighted by molar-refractivity contribution is 7.99. The Bertz CT molecular complexity index is 1160. The molecule has 0 unspecified atom stereocenters. The van der Waals surface area contributed by atoms with Crippen LogP contribution < -0.4 is 5.32 Å². The number of para-hydroxylation sites is 1.